The quantitative estimate of drug-likeness (QED) is 0.549. The van der Waals surface area contributed by atoms with Crippen LogP contribution in [0.25, 0.3) is 0 Å². The van der Waals surface area contributed by atoms with E-state index in [0.29, 0.717) is 0 Å². The van der Waals surface area contributed by atoms with Crippen molar-refractivity contribution in [2.24, 2.45) is 0 Å². The molecule has 0 bridgehead atoms. The van der Waals surface area contributed by atoms with Gasteiger partial charge in [0.2, 0.25) is 0 Å². The van der Waals surface area contributed by atoms with Crippen molar-refractivity contribution in [1.82, 2.24) is 10.2 Å². The molecule has 0 atom stereocenters. The molecule has 48 valence electrons. The maximum absolute atomic E-state index is 3.70. The zero-order valence-electron chi connectivity index (χ0n) is 5.60. The SMILES string of the molecule is CC.Cc1ccn[nH]1.[HH]. The highest BCUT2D eigenvalue weighted by atomic mass is 15.1. The molecule has 1 N–H and O–H groups in total. The molecular formula is C6H14N2. The summed E-state index contributed by atoms with van der Waals surface area (Å²) in [6.07, 6.45) is 1.73. The fourth-order valence-corrected chi connectivity index (χ4v) is 0.325. The number of nitrogens with zero attached hydrogens (tertiary/aromatic N) is 1. The van der Waals surface area contributed by atoms with E-state index in [1.165, 1.54) is 0 Å². The van der Waals surface area contributed by atoms with Gasteiger partial charge in [-0.3, -0.25) is 5.10 Å². The minimum Gasteiger partial charge on any atom is -0.283 e. The lowest BCUT2D eigenvalue weighted by atomic mass is 10.5. The molecule has 0 amide bonds. The van der Waals surface area contributed by atoms with E-state index in [0.717, 1.165) is 5.69 Å². The van der Waals surface area contributed by atoms with Gasteiger partial charge in [0.25, 0.3) is 0 Å². The maximum Gasteiger partial charge on any atom is 0.0489 e. The number of hydrogen-bond acceptors (Lipinski definition) is 1. The van der Waals surface area contributed by atoms with E-state index in [9.17, 15) is 0 Å². The van der Waals surface area contributed by atoms with Gasteiger partial charge in [-0.2, -0.15) is 5.10 Å². The first-order valence-electron chi connectivity index (χ1n) is 2.85. The lowest BCUT2D eigenvalue weighted by Crippen LogP contribution is -1.65. The second-order valence-electron chi connectivity index (χ2n) is 1.24. The van der Waals surface area contributed by atoms with Gasteiger partial charge in [-0.05, 0) is 13.0 Å². The van der Waals surface area contributed by atoms with Crippen LogP contribution in [0.2, 0.25) is 0 Å². The summed E-state index contributed by atoms with van der Waals surface area (Å²) in [6, 6.07) is 1.92. The Morgan fingerprint density at radius 1 is 1.62 bits per heavy atom. The number of aromatic amines is 1. The summed E-state index contributed by atoms with van der Waals surface area (Å²) in [4.78, 5) is 0. The van der Waals surface area contributed by atoms with Crippen LogP contribution < -0.4 is 0 Å². The van der Waals surface area contributed by atoms with E-state index in [1.807, 2.05) is 26.8 Å². The minimum absolute atomic E-state index is 0. The first-order chi connectivity index (χ1) is 3.89. The van der Waals surface area contributed by atoms with Crippen LogP contribution in [0.15, 0.2) is 12.3 Å². The fourth-order valence-electron chi connectivity index (χ4n) is 0.325. The van der Waals surface area contributed by atoms with Crippen molar-refractivity contribution < 1.29 is 1.43 Å². The molecule has 2 nitrogen and oxygen atoms in total. The van der Waals surface area contributed by atoms with Gasteiger partial charge in [-0.1, -0.05) is 13.8 Å². The summed E-state index contributed by atoms with van der Waals surface area (Å²) in [5.74, 6) is 0. The zero-order valence-corrected chi connectivity index (χ0v) is 5.60. The molecule has 0 saturated carbocycles. The highest BCUT2D eigenvalue weighted by molar-refractivity contribution is 4.91. The summed E-state index contributed by atoms with van der Waals surface area (Å²) in [6.45, 7) is 5.97. The topological polar surface area (TPSA) is 28.7 Å². The summed E-state index contributed by atoms with van der Waals surface area (Å²) >= 11 is 0. The Bertz CT molecular complexity index is 115. The molecule has 0 fully saturated rings. The van der Waals surface area contributed by atoms with Gasteiger partial charge in [-0.25, -0.2) is 0 Å². The zero-order chi connectivity index (χ0) is 6.41. The lowest BCUT2D eigenvalue weighted by molar-refractivity contribution is 1.05. The molecule has 0 aliphatic heterocycles. The Labute approximate surface area is 51.4 Å². The van der Waals surface area contributed by atoms with Crippen LogP contribution in [-0.2, 0) is 0 Å². The van der Waals surface area contributed by atoms with Crippen LogP contribution >= 0.6 is 0 Å². The van der Waals surface area contributed by atoms with Gasteiger partial charge < -0.3 is 0 Å². The van der Waals surface area contributed by atoms with Crippen LogP contribution in [0, 0.1) is 6.92 Å². The van der Waals surface area contributed by atoms with Crippen molar-refractivity contribution in [3.05, 3.63) is 18.0 Å². The number of rotatable bonds is 0. The second-order valence-corrected chi connectivity index (χ2v) is 1.24. The molecule has 0 aliphatic rings. The fraction of sp³-hybridized carbons (Fsp3) is 0.500. The number of H-pyrrole nitrogens is 1. The third-order valence-corrected chi connectivity index (χ3v) is 0.640. The Balaban J connectivity index is 0. The normalized spacial score (nSPS) is 7.38. The minimum atomic E-state index is 0. The molecule has 0 spiro atoms. The van der Waals surface area contributed by atoms with Crippen LogP contribution in [0.5, 0.6) is 0 Å². The van der Waals surface area contributed by atoms with E-state index < -0.39 is 0 Å². The van der Waals surface area contributed by atoms with Gasteiger partial charge in [0.1, 0.15) is 0 Å². The molecule has 1 aromatic heterocycles. The summed E-state index contributed by atoms with van der Waals surface area (Å²) < 4.78 is 0. The Morgan fingerprint density at radius 3 is 2.38 bits per heavy atom. The van der Waals surface area contributed by atoms with E-state index in [-0.39, 0.29) is 1.43 Å². The maximum atomic E-state index is 3.70. The van der Waals surface area contributed by atoms with Gasteiger partial charge >= 0.3 is 0 Å². The first-order valence-corrected chi connectivity index (χ1v) is 2.85. The predicted octanol–water partition coefficient (Wildman–Crippen LogP) is 1.99. The molecular weight excluding hydrogens is 100 g/mol. The van der Waals surface area contributed by atoms with Crippen LogP contribution in [0.3, 0.4) is 0 Å². The molecule has 1 aromatic rings. The highest BCUT2D eigenvalue weighted by Gasteiger charge is 1.73. The number of hydrogen-bond donors (Lipinski definition) is 1. The lowest BCUT2D eigenvalue weighted by Gasteiger charge is -1.68. The summed E-state index contributed by atoms with van der Waals surface area (Å²) in [7, 11) is 0. The third kappa shape index (κ3) is 2.39. The standard InChI is InChI=1S/C4H6N2.C2H6.H2/c1-4-2-3-5-6-4;1-2;/h2-3H,1H3,(H,5,6);1-2H3;1H. The van der Waals surface area contributed by atoms with E-state index >= 15 is 0 Å². The second kappa shape index (κ2) is 4.37. The molecule has 2 heteroatoms. The van der Waals surface area contributed by atoms with Crippen molar-refractivity contribution in [1.29, 1.82) is 0 Å². The van der Waals surface area contributed by atoms with E-state index in [4.69, 9.17) is 0 Å². The molecule has 1 heterocycles. The average molecular weight is 114 g/mol. The third-order valence-electron chi connectivity index (χ3n) is 0.640. The Hall–Kier alpha value is -0.790. The van der Waals surface area contributed by atoms with Crippen molar-refractivity contribution in [2.45, 2.75) is 20.8 Å². The molecule has 1 rings (SSSR count). The smallest absolute Gasteiger partial charge is 0.0489 e. The largest absolute Gasteiger partial charge is 0.283 e. The van der Waals surface area contributed by atoms with Crippen molar-refractivity contribution in [2.75, 3.05) is 0 Å². The van der Waals surface area contributed by atoms with Gasteiger partial charge in [0.15, 0.2) is 0 Å². The van der Waals surface area contributed by atoms with Crippen molar-refractivity contribution in [3.8, 4) is 0 Å². The van der Waals surface area contributed by atoms with Gasteiger partial charge in [0, 0.05) is 13.3 Å². The molecule has 0 radical (unpaired) electrons. The molecule has 0 aromatic carbocycles. The van der Waals surface area contributed by atoms with Gasteiger partial charge in [-0.15, -0.1) is 0 Å². The van der Waals surface area contributed by atoms with Crippen molar-refractivity contribution >= 4 is 0 Å². The molecule has 0 saturated heterocycles. The van der Waals surface area contributed by atoms with Crippen LogP contribution in [-0.4, -0.2) is 10.2 Å². The average Bonchev–Trinajstić information content (AvgIpc) is 2.24. The number of aromatic nitrogens is 2. The van der Waals surface area contributed by atoms with E-state index in [2.05, 4.69) is 10.2 Å². The number of aryl methyl sites for hydroxylation is 1. The predicted molar refractivity (Wildman–Crippen MR) is 36.8 cm³/mol. The Kier molecular flexibility index (Phi) is 3.94. The molecule has 0 aliphatic carbocycles. The highest BCUT2D eigenvalue weighted by Crippen LogP contribution is 1.82. The summed E-state index contributed by atoms with van der Waals surface area (Å²) in [5.41, 5.74) is 1.11. The monoisotopic (exact) mass is 114 g/mol. The molecule has 0 unspecified atom stereocenters. The summed E-state index contributed by atoms with van der Waals surface area (Å²) in [5, 5.41) is 6.45. The van der Waals surface area contributed by atoms with Crippen LogP contribution in [0.1, 0.15) is 21.0 Å². The van der Waals surface area contributed by atoms with Crippen molar-refractivity contribution in [3.63, 3.8) is 0 Å². The van der Waals surface area contributed by atoms with Gasteiger partial charge in [0.05, 0.1) is 0 Å². The Morgan fingerprint density at radius 2 is 2.25 bits per heavy atom. The first kappa shape index (κ1) is 7.21. The number of nitrogens with one attached hydrogen (secondary N) is 1. The van der Waals surface area contributed by atoms with Crippen LogP contribution in [0.4, 0.5) is 0 Å². The molecule has 8 heavy (non-hydrogen) atoms. The van der Waals surface area contributed by atoms with E-state index in [1.54, 1.807) is 6.20 Å².